The molecule has 4 heterocycles. The van der Waals surface area contributed by atoms with Crippen molar-refractivity contribution in [1.29, 1.82) is 0 Å². The third kappa shape index (κ3) is 5.06. The third-order valence-electron chi connectivity index (χ3n) is 7.30. The fourth-order valence-electron chi connectivity index (χ4n) is 5.35. The summed E-state index contributed by atoms with van der Waals surface area (Å²) >= 11 is 6.63. The second-order valence-electron chi connectivity index (χ2n) is 9.98. The van der Waals surface area contributed by atoms with Crippen molar-refractivity contribution in [3.63, 3.8) is 0 Å². The summed E-state index contributed by atoms with van der Waals surface area (Å²) < 4.78 is 46.5. The van der Waals surface area contributed by atoms with Crippen LogP contribution in [0.4, 0.5) is 30.4 Å². The van der Waals surface area contributed by atoms with Crippen LogP contribution in [-0.2, 0) is 20.5 Å². The largest absolute Gasteiger partial charge is 0.416 e. The minimum atomic E-state index is -4.61. The Hall–Kier alpha value is -2.89. The molecule has 2 amide bonds. The van der Waals surface area contributed by atoms with Crippen LogP contribution in [0.3, 0.4) is 0 Å². The minimum absolute atomic E-state index is 0.00174. The fourth-order valence-corrected chi connectivity index (χ4v) is 5.64. The molecule has 0 bridgehead atoms. The first-order chi connectivity index (χ1) is 18.0. The molecule has 0 unspecified atom stereocenters. The average molecular weight is 552 g/mol. The monoisotopic (exact) mass is 551 g/mol. The highest BCUT2D eigenvalue weighted by Gasteiger charge is 2.49. The summed E-state index contributed by atoms with van der Waals surface area (Å²) in [6.07, 6.45) is -3.71. The lowest BCUT2D eigenvalue weighted by molar-refractivity contribution is -0.137. The highest BCUT2D eigenvalue weighted by Crippen LogP contribution is 2.43. The molecule has 38 heavy (non-hydrogen) atoms. The van der Waals surface area contributed by atoms with E-state index < -0.39 is 35.5 Å². The van der Waals surface area contributed by atoms with Crippen LogP contribution in [0.2, 0.25) is 5.02 Å². The molecule has 2 aromatic rings. The van der Waals surface area contributed by atoms with E-state index in [1.807, 2.05) is 0 Å². The average Bonchev–Trinajstić information content (AvgIpc) is 3.14. The van der Waals surface area contributed by atoms with Crippen molar-refractivity contribution in [3.05, 3.63) is 46.6 Å². The second kappa shape index (κ2) is 10.3. The summed E-state index contributed by atoms with van der Waals surface area (Å²) in [5.41, 5.74) is 0.451. The number of rotatable bonds is 6. The molecular formula is C26H29ClF3N5O3. The van der Waals surface area contributed by atoms with Gasteiger partial charge in [0.05, 0.1) is 28.1 Å². The maximum atomic E-state index is 13.8. The molecule has 2 atom stereocenters. The van der Waals surface area contributed by atoms with Crippen molar-refractivity contribution in [2.45, 2.75) is 38.1 Å². The number of carbonyl (C=O) groups is 2. The molecule has 0 radical (unpaired) electrons. The molecule has 0 aliphatic carbocycles. The van der Waals surface area contributed by atoms with Gasteiger partial charge in [-0.05, 0) is 37.6 Å². The van der Waals surface area contributed by atoms with Crippen LogP contribution in [-0.4, -0.2) is 68.8 Å². The van der Waals surface area contributed by atoms with Crippen molar-refractivity contribution in [2.24, 2.45) is 5.92 Å². The van der Waals surface area contributed by atoms with Crippen LogP contribution in [0, 0.1) is 12.8 Å². The van der Waals surface area contributed by atoms with Gasteiger partial charge in [0.15, 0.2) is 0 Å². The van der Waals surface area contributed by atoms with E-state index in [9.17, 15) is 22.8 Å². The molecule has 1 N–H and O–H groups in total. The number of pyridine rings is 1. The maximum Gasteiger partial charge on any atom is 0.416 e. The van der Waals surface area contributed by atoms with Crippen molar-refractivity contribution in [3.8, 4) is 0 Å². The number of ether oxygens (including phenoxy) is 1. The number of likely N-dealkylation sites (N-methyl/N-ethyl adjacent to an activating group) is 1. The van der Waals surface area contributed by atoms with E-state index in [1.165, 1.54) is 11.8 Å². The van der Waals surface area contributed by atoms with Gasteiger partial charge < -0.3 is 19.9 Å². The quantitative estimate of drug-likeness (QED) is 0.552. The van der Waals surface area contributed by atoms with Crippen molar-refractivity contribution < 1.29 is 27.5 Å². The number of hydrogen-bond donors (Lipinski definition) is 1. The van der Waals surface area contributed by atoms with Gasteiger partial charge in [-0.3, -0.25) is 14.5 Å². The van der Waals surface area contributed by atoms with Gasteiger partial charge in [0.25, 0.3) is 0 Å². The maximum absolute atomic E-state index is 13.8. The molecule has 0 saturated carbocycles. The number of aryl methyl sites for hydroxylation is 1. The van der Waals surface area contributed by atoms with Crippen LogP contribution in [0.15, 0.2) is 30.3 Å². The number of amides is 2. The molecular weight excluding hydrogens is 523 g/mol. The van der Waals surface area contributed by atoms with Gasteiger partial charge >= 0.3 is 6.18 Å². The number of fused-ring (bicyclic) bond motifs is 2. The summed E-state index contributed by atoms with van der Waals surface area (Å²) in [4.78, 5) is 36.0. The molecule has 204 valence electrons. The highest BCUT2D eigenvalue weighted by atomic mass is 35.5. The molecule has 5 rings (SSSR count). The van der Waals surface area contributed by atoms with Gasteiger partial charge in [-0.2, -0.15) is 13.2 Å². The van der Waals surface area contributed by atoms with Gasteiger partial charge in [-0.15, -0.1) is 0 Å². The number of benzene rings is 1. The van der Waals surface area contributed by atoms with Crippen molar-refractivity contribution in [2.75, 3.05) is 54.5 Å². The lowest BCUT2D eigenvalue weighted by Gasteiger charge is -2.39. The second-order valence-corrected chi connectivity index (χ2v) is 10.4. The fraction of sp³-hybridized carbons (Fsp3) is 0.500. The zero-order valence-electron chi connectivity index (χ0n) is 21.1. The van der Waals surface area contributed by atoms with Crippen molar-refractivity contribution in [1.82, 2.24) is 10.3 Å². The van der Waals surface area contributed by atoms with E-state index in [-0.39, 0.29) is 24.0 Å². The number of anilines is 3. The number of aromatic nitrogens is 1. The Kier molecular flexibility index (Phi) is 7.27. The molecule has 8 nitrogen and oxygen atoms in total. The first-order valence-corrected chi connectivity index (χ1v) is 12.9. The zero-order chi connectivity index (χ0) is 27.2. The molecule has 3 aliphatic rings. The van der Waals surface area contributed by atoms with Gasteiger partial charge in [0, 0.05) is 57.9 Å². The molecule has 12 heteroatoms. The zero-order valence-corrected chi connectivity index (χ0v) is 21.8. The van der Waals surface area contributed by atoms with E-state index in [0.29, 0.717) is 42.5 Å². The topological polar surface area (TPSA) is 78.0 Å². The minimum Gasteiger partial charge on any atom is -0.376 e. The predicted molar refractivity (Wildman–Crippen MR) is 138 cm³/mol. The molecule has 3 aliphatic heterocycles. The number of nitrogens with one attached hydrogen (secondary N) is 1. The Morgan fingerprint density at radius 2 is 1.97 bits per heavy atom. The SMILES string of the molecule is Cc1cc(C(F)(F)F)cc(N2C(=O)C[C@@H]3CN(CCCOC4CNC4)c4c(Cl)cccc4N(C)C(=O)[C@H]32)n1. The van der Waals surface area contributed by atoms with E-state index in [4.69, 9.17) is 16.3 Å². The third-order valence-corrected chi connectivity index (χ3v) is 7.60. The van der Waals surface area contributed by atoms with Gasteiger partial charge in [-0.1, -0.05) is 17.7 Å². The first-order valence-electron chi connectivity index (χ1n) is 12.6. The normalized spacial score (nSPS) is 22.2. The number of alkyl halides is 3. The van der Waals surface area contributed by atoms with E-state index in [2.05, 4.69) is 15.2 Å². The standard InChI is InChI=1S/C26H29ClF3N5O3/c1-15-9-17(26(28,29)30)11-21(32-15)35-22(36)10-16-14-34(7-4-8-38-18-12-31-13-18)24-19(27)5-3-6-20(24)33(2)25(37)23(16)35/h3,5-6,9,11,16,18,23,31H,4,7-8,10,12-14H2,1-2H3/t16-,23+/m1/s1. The summed E-state index contributed by atoms with van der Waals surface area (Å²) in [6, 6.07) is 6.03. The van der Waals surface area contributed by atoms with E-state index in [0.717, 1.165) is 30.1 Å². The number of carbonyl (C=O) groups excluding carboxylic acids is 2. The van der Waals surface area contributed by atoms with Gasteiger partial charge in [-0.25, -0.2) is 4.98 Å². The molecule has 0 spiro atoms. The lowest BCUT2D eigenvalue weighted by Crippen LogP contribution is -2.52. The lowest BCUT2D eigenvalue weighted by atomic mass is 9.95. The van der Waals surface area contributed by atoms with E-state index in [1.54, 1.807) is 25.2 Å². The molecule has 1 aromatic carbocycles. The van der Waals surface area contributed by atoms with Crippen molar-refractivity contribution >= 4 is 40.6 Å². The number of hydrogen-bond acceptors (Lipinski definition) is 6. The predicted octanol–water partition coefficient (Wildman–Crippen LogP) is 3.65. The molecule has 1 aromatic heterocycles. The number of halogens is 4. The van der Waals surface area contributed by atoms with Crippen LogP contribution in [0.5, 0.6) is 0 Å². The van der Waals surface area contributed by atoms with Gasteiger partial charge in [0.2, 0.25) is 11.8 Å². The first kappa shape index (κ1) is 26.7. The highest BCUT2D eigenvalue weighted by molar-refractivity contribution is 6.34. The van der Waals surface area contributed by atoms with Crippen LogP contribution < -0.4 is 20.0 Å². The van der Waals surface area contributed by atoms with Crippen LogP contribution >= 0.6 is 11.6 Å². The number of para-hydroxylation sites is 1. The Balaban J connectivity index is 1.49. The summed E-state index contributed by atoms with van der Waals surface area (Å²) in [5.74, 6) is -1.49. The van der Waals surface area contributed by atoms with E-state index >= 15 is 0 Å². The van der Waals surface area contributed by atoms with Crippen LogP contribution in [0.25, 0.3) is 0 Å². The Labute approximate surface area is 223 Å². The van der Waals surface area contributed by atoms with Gasteiger partial charge in [0.1, 0.15) is 11.9 Å². The van der Waals surface area contributed by atoms with Crippen LogP contribution in [0.1, 0.15) is 24.1 Å². The Morgan fingerprint density at radius 1 is 1.21 bits per heavy atom. The summed E-state index contributed by atoms with van der Waals surface area (Å²) in [7, 11) is 1.59. The Bertz CT molecular complexity index is 1240. The smallest absolute Gasteiger partial charge is 0.376 e. The Morgan fingerprint density at radius 3 is 2.66 bits per heavy atom. The summed E-state index contributed by atoms with van der Waals surface area (Å²) in [5, 5.41) is 3.64. The number of nitrogens with zero attached hydrogens (tertiary/aromatic N) is 4. The summed E-state index contributed by atoms with van der Waals surface area (Å²) in [6.45, 7) is 4.53. The molecule has 2 fully saturated rings. The molecule has 2 saturated heterocycles.